The average molecular weight is 572 g/mol. The minimum Gasteiger partial charge on any atom is -0.490 e. The molecule has 0 amide bonds. The third kappa shape index (κ3) is 7.41. The van der Waals surface area contributed by atoms with Gasteiger partial charge in [-0.2, -0.15) is 0 Å². The molecule has 0 saturated carbocycles. The number of primary sulfonamides is 1. The zero-order chi connectivity index (χ0) is 24.7. The van der Waals surface area contributed by atoms with E-state index in [-0.39, 0.29) is 11.5 Å². The summed E-state index contributed by atoms with van der Waals surface area (Å²) in [6.45, 7) is 3.81. The molecule has 0 atom stereocenters. The van der Waals surface area contributed by atoms with Gasteiger partial charge in [-0.25, -0.2) is 17.9 Å². The van der Waals surface area contributed by atoms with E-state index >= 15 is 0 Å². The molecule has 0 saturated heterocycles. The first-order chi connectivity index (χ1) is 16.2. The fourth-order valence-electron chi connectivity index (χ4n) is 3.23. The highest BCUT2D eigenvalue weighted by Gasteiger charge is 2.14. The predicted octanol–water partition coefficient (Wildman–Crippen LogP) is 5.20. The molecule has 3 aromatic carbocycles. The molecule has 34 heavy (non-hydrogen) atoms. The summed E-state index contributed by atoms with van der Waals surface area (Å²) in [6.07, 6.45) is 0.726. The van der Waals surface area contributed by atoms with E-state index in [1.165, 1.54) is 24.3 Å². The Morgan fingerprint density at radius 3 is 2.44 bits per heavy atom. The molecule has 0 aliphatic rings. The Morgan fingerprint density at radius 1 is 1.06 bits per heavy atom. The molecule has 0 fully saturated rings. The summed E-state index contributed by atoms with van der Waals surface area (Å²) in [6, 6.07) is 14.6. The van der Waals surface area contributed by atoms with Gasteiger partial charge in [0, 0.05) is 12.1 Å². The van der Waals surface area contributed by atoms with Gasteiger partial charge in [0.2, 0.25) is 10.0 Å². The molecule has 0 bridgehead atoms. The molecule has 10 heteroatoms. The van der Waals surface area contributed by atoms with E-state index in [0.29, 0.717) is 41.8 Å². The van der Waals surface area contributed by atoms with Gasteiger partial charge >= 0.3 is 0 Å². The van der Waals surface area contributed by atoms with Crippen LogP contribution >= 0.6 is 27.5 Å². The zero-order valence-corrected chi connectivity index (χ0v) is 21.6. The van der Waals surface area contributed by atoms with Crippen molar-refractivity contribution in [2.24, 2.45) is 5.14 Å². The van der Waals surface area contributed by atoms with Crippen molar-refractivity contribution in [2.45, 2.75) is 31.4 Å². The first-order valence-corrected chi connectivity index (χ1v) is 13.2. The largest absolute Gasteiger partial charge is 0.490 e. The van der Waals surface area contributed by atoms with Crippen LogP contribution in [0.25, 0.3) is 0 Å². The molecule has 3 aromatic rings. The van der Waals surface area contributed by atoms with Crippen molar-refractivity contribution in [2.75, 3.05) is 13.2 Å². The van der Waals surface area contributed by atoms with Crippen LogP contribution in [0.1, 0.15) is 23.6 Å². The Hall–Kier alpha value is -2.17. The summed E-state index contributed by atoms with van der Waals surface area (Å²) >= 11 is 9.66. The van der Waals surface area contributed by atoms with Gasteiger partial charge in [0.25, 0.3) is 0 Å². The summed E-state index contributed by atoms with van der Waals surface area (Å²) in [4.78, 5) is 0.0986. The SMILES string of the molecule is CCOc1cc(CNCCc2ccc(S(N)(=O)=O)cc2)cc(Br)c1OCc1ccc(F)cc1Cl. The maximum atomic E-state index is 13.3. The highest BCUT2D eigenvalue weighted by Crippen LogP contribution is 2.38. The average Bonchev–Trinajstić information content (AvgIpc) is 2.77. The molecule has 3 rings (SSSR count). The predicted molar refractivity (Wildman–Crippen MR) is 134 cm³/mol. The minimum absolute atomic E-state index is 0.0986. The smallest absolute Gasteiger partial charge is 0.238 e. The van der Waals surface area contributed by atoms with E-state index in [0.717, 1.165) is 22.0 Å². The van der Waals surface area contributed by atoms with Gasteiger partial charge in [0.05, 0.1) is 21.0 Å². The molecular formula is C24H25BrClFN2O4S. The van der Waals surface area contributed by atoms with E-state index in [1.54, 1.807) is 18.2 Å². The normalized spacial score (nSPS) is 11.4. The summed E-state index contributed by atoms with van der Waals surface area (Å²) in [5.41, 5.74) is 2.66. The van der Waals surface area contributed by atoms with Crippen LogP contribution in [0.4, 0.5) is 4.39 Å². The molecule has 0 aromatic heterocycles. The molecular weight excluding hydrogens is 547 g/mol. The molecule has 0 aliphatic heterocycles. The van der Waals surface area contributed by atoms with Gasteiger partial charge < -0.3 is 14.8 Å². The quantitative estimate of drug-likeness (QED) is 0.309. The van der Waals surface area contributed by atoms with E-state index < -0.39 is 15.8 Å². The molecule has 3 N–H and O–H groups in total. The third-order valence-corrected chi connectivity index (χ3v) is 6.80. The van der Waals surface area contributed by atoms with Crippen LogP contribution in [0.15, 0.2) is 64.0 Å². The van der Waals surface area contributed by atoms with Crippen LogP contribution in [0, 0.1) is 5.82 Å². The topological polar surface area (TPSA) is 90.6 Å². The lowest BCUT2D eigenvalue weighted by Crippen LogP contribution is -2.17. The molecule has 0 radical (unpaired) electrons. The maximum absolute atomic E-state index is 13.3. The van der Waals surface area contributed by atoms with Crippen LogP contribution in [0.2, 0.25) is 5.02 Å². The Balaban J connectivity index is 1.60. The van der Waals surface area contributed by atoms with Crippen LogP contribution in [0.5, 0.6) is 11.5 Å². The zero-order valence-electron chi connectivity index (χ0n) is 18.5. The Bertz CT molecular complexity index is 1240. The van der Waals surface area contributed by atoms with Crippen molar-refractivity contribution in [1.29, 1.82) is 0 Å². The molecule has 0 spiro atoms. The lowest BCUT2D eigenvalue weighted by Gasteiger charge is -2.16. The lowest BCUT2D eigenvalue weighted by atomic mass is 10.1. The Kier molecular flexibility index (Phi) is 9.32. The second kappa shape index (κ2) is 12.0. The standard InChI is InChI=1S/C24H25BrClFN2O4S/c1-2-32-23-12-17(14-29-10-9-16-3-7-20(8-4-16)34(28,30)31)11-21(25)24(23)33-15-18-5-6-19(27)13-22(18)26/h3-8,11-13,29H,2,9-10,14-15H2,1H3,(H2,28,30,31). The number of nitrogens with one attached hydrogen (secondary N) is 1. The number of sulfonamides is 1. The van der Waals surface area contributed by atoms with Gasteiger partial charge in [0.1, 0.15) is 12.4 Å². The van der Waals surface area contributed by atoms with E-state index in [2.05, 4.69) is 21.2 Å². The fraction of sp³-hybridized carbons (Fsp3) is 0.250. The number of hydrogen-bond donors (Lipinski definition) is 2. The highest BCUT2D eigenvalue weighted by atomic mass is 79.9. The van der Waals surface area contributed by atoms with Crippen molar-refractivity contribution in [3.63, 3.8) is 0 Å². The van der Waals surface area contributed by atoms with Crippen molar-refractivity contribution in [3.8, 4) is 11.5 Å². The Labute approximate surface area is 212 Å². The molecule has 0 aliphatic carbocycles. The second-order valence-corrected chi connectivity index (χ2v) is 10.3. The monoisotopic (exact) mass is 570 g/mol. The van der Waals surface area contributed by atoms with Gasteiger partial charge in [-0.05, 0) is 83.3 Å². The van der Waals surface area contributed by atoms with Gasteiger partial charge in [-0.15, -0.1) is 0 Å². The van der Waals surface area contributed by atoms with E-state index in [9.17, 15) is 12.8 Å². The first kappa shape index (κ1) is 26.4. The van der Waals surface area contributed by atoms with Gasteiger partial charge in [0.15, 0.2) is 11.5 Å². The van der Waals surface area contributed by atoms with Crippen molar-refractivity contribution in [3.05, 3.63) is 86.6 Å². The van der Waals surface area contributed by atoms with E-state index in [1.807, 2.05) is 19.1 Å². The summed E-state index contributed by atoms with van der Waals surface area (Å²) in [7, 11) is -3.69. The second-order valence-electron chi connectivity index (χ2n) is 7.48. The van der Waals surface area contributed by atoms with Gasteiger partial charge in [-0.3, -0.25) is 0 Å². The lowest BCUT2D eigenvalue weighted by molar-refractivity contribution is 0.267. The first-order valence-electron chi connectivity index (χ1n) is 10.5. The molecule has 182 valence electrons. The summed E-state index contributed by atoms with van der Waals surface area (Å²) < 4.78 is 48.4. The minimum atomic E-state index is -3.69. The van der Waals surface area contributed by atoms with Crippen molar-refractivity contribution in [1.82, 2.24) is 5.32 Å². The number of rotatable bonds is 11. The number of nitrogens with two attached hydrogens (primary N) is 1. The molecule has 0 heterocycles. The number of ether oxygens (including phenoxy) is 2. The third-order valence-electron chi connectivity index (χ3n) is 4.93. The van der Waals surface area contributed by atoms with Crippen LogP contribution < -0.4 is 19.9 Å². The van der Waals surface area contributed by atoms with Crippen molar-refractivity contribution >= 4 is 37.6 Å². The van der Waals surface area contributed by atoms with Crippen molar-refractivity contribution < 1.29 is 22.3 Å². The molecule has 0 unspecified atom stereocenters. The summed E-state index contributed by atoms with van der Waals surface area (Å²) in [5.74, 6) is 0.730. The Morgan fingerprint density at radius 2 is 1.79 bits per heavy atom. The maximum Gasteiger partial charge on any atom is 0.238 e. The number of benzene rings is 3. The number of hydrogen-bond acceptors (Lipinski definition) is 5. The number of halogens is 3. The van der Waals surface area contributed by atoms with E-state index in [4.69, 9.17) is 26.2 Å². The van der Waals surface area contributed by atoms with Crippen LogP contribution in [-0.2, 0) is 29.6 Å². The van der Waals surface area contributed by atoms with Gasteiger partial charge in [-0.1, -0.05) is 29.8 Å². The summed E-state index contributed by atoms with van der Waals surface area (Å²) in [5, 5.41) is 8.80. The fourth-order valence-corrected chi connectivity index (χ4v) is 4.57. The van der Waals surface area contributed by atoms with Crippen LogP contribution in [0.3, 0.4) is 0 Å². The molecule has 6 nitrogen and oxygen atoms in total. The van der Waals surface area contributed by atoms with Crippen LogP contribution in [-0.4, -0.2) is 21.6 Å². The highest BCUT2D eigenvalue weighted by molar-refractivity contribution is 9.10.